The standard InChI is InChI=1S/C14H9BrF3NO/c1-7-4-9(15)11(17)6-13(7)19-14(20)8-2-3-10(16)12(18)5-8/h2-6H,1H3,(H,19,20). The van der Waals surface area contributed by atoms with Crippen LogP contribution in [0.4, 0.5) is 18.9 Å². The van der Waals surface area contributed by atoms with E-state index in [9.17, 15) is 18.0 Å². The van der Waals surface area contributed by atoms with E-state index in [1.807, 2.05) is 0 Å². The molecule has 20 heavy (non-hydrogen) atoms. The Morgan fingerprint density at radius 1 is 1.05 bits per heavy atom. The predicted molar refractivity (Wildman–Crippen MR) is 73.1 cm³/mol. The van der Waals surface area contributed by atoms with Gasteiger partial charge in [0.05, 0.1) is 4.47 Å². The summed E-state index contributed by atoms with van der Waals surface area (Å²) < 4.78 is 39.5. The third kappa shape index (κ3) is 3.01. The van der Waals surface area contributed by atoms with E-state index in [4.69, 9.17) is 0 Å². The van der Waals surface area contributed by atoms with Gasteiger partial charge in [-0.3, -0.25) is 4.79 Å². The molecule has 0 aliphatic carbocycles. The number of halogens is 4. The van der Waals surface area contributed by atoms with E-state index < -0.39 is 23.4 Å². The first-order valence-electron chi connectivity index (χ1n) is 5.60. The number of hydrogen-bond acceptors (Lipinski definition) is 1. The van der Waals surface area contributed by atoms with Crippen molar-refractivity contribution in [3.63, 3.8) is 0 Å². The number of rotatable bonds is 2. The van der Waals surface area contributed by atoms with Crippen LogP contribution >= 0.6 is 15.9 Å². The fraction of sp³-hybridized carbons (Fsp3) is 0.0714. The van der Waals surface area contributed by atoms with Crippen LogP contribution in [0.2, 0.25) is 0 Å². The van der Waals surface area contributed by atoms with Crippen molar-refractivity contribution < 1.29 is 18.0 Å². The van der Waals surface area contributed by atoms with Gasteiger partial charge in [-0.05, 0) is 58.7 Å². The van der Waals surface area contributed by atoms with E-state index in [1.54, 1.807) is 6.92 Å². The van der Waals surface area contributed by atoms with Crippen LogP contribution in [-0.2, 0) is 0 Å². The van der Waals surface area contributed by atoms with Gasteiger partial charge in [0.2, 0.25) is 0 Å². The lowest BCUT2D eigenvalue weighted by molar-refractivity contribution is 0.102. The molecule has 0 bridgehead atoms. The molecule has 2 rings (SSSR count). The van der Waals surface area contributed by atoms with Crippen molar-refractivity contribution in [1.29, 1.82) is 0 Å². The molecule has 0 saturated heterocycles. The summed E-state index contributed by atoms with van der Waals surface area (Å²) in [6.45, 7) is 1.69. The average molecular weight is 344 g/mol. The van der Waals surface area contributed by atoms with Crippen LogP contribution in [0.5, 0.6) is 0 Å². The van der Waals surface area contributed by atoms with Crippen LogP contribution in [0, 0.1) is 24.4 Å². The van der Waals surface area contributed by atoms with Gasteiger partial charge in [0.1, 0.15) is 5.82 Å². The minimum atomic E-state index is -1.11. The van der Waals surface area contributed by atoms with Crippen molar-refractivity contribution in [3.8, 4) is 0 Å². The summed E-state index contributed by atoms with van der Waals surface area (Å²) in [7, 11) is 0. The number of anilines is 1. The molecular weight excluding hydrogens is 335 g/mol. The molecule has 6 heteroatoms. The lowest BCUT2D eigenvalue weighted by Gasteiger charge is -2.09. The first-order valence-corrected chi connectivity index (χ1v) is 6.40. The maximum Gasteiger partial charge on any atom is 0.255 e. The average Bonchev–Trinajstić information content (AvgIpc) is 2.39. The fourth-order valence-electron chi connectivity index (χ4n) is 1.61. The largest absolute Gasteiger partial charge is 0.322 e. The van der Waals surface area contributed by atoms with Gasteiger partial charge >= 0.3 is 0 Å². The Kier molecular flexibility index (Phi) is 4.13. The molecule has 0 aliphatic rings. The molecule has 104 valence electrons. The Bertz CT molecular complexity index is 688. The van der Waals surface area contributed by atoms with Gasteiger partial charge in [-0.25, -0.2) is 13.2 Å². The van der Waals surface area contributed by atoms with Crippen molar-refractivity contribution in [2.75, 3.05) is 5.32 Å². The maximum absolute atomic E-state index is 13.4. The highest BCUT2D eigenvalue weighted by molar-refractivity contribution is 9.10. The number of benzene rings is 2. The number of nitrogens with one attached hydrogen (secondary N) is 1. The second kappa shape index (κ2) is 5.66. The molecule has 1 N–H and O–H groups in total. The fourth-order valence-corrected chi connectivity index (χ4v) is 2.07. The second-order valence-electron chi connectivity index (χ2n) is 4.16. The molecular formula is C14H9BrF3NO. The van der Waals surface area contributed by atoms with Gasteiger partial charge in [0, 0.05) is 11.3 Å². The van der Waals surface area contributed by atoms with Crippen LogP contribution in [0.3, 0.4) is 0 Å². The first kappa shape index (κ1) is 14.6. The van der Waals surface area contributed by atoms with Gasteiger partial charge in [0.15, 0.2) is 11.6 Å². The van der Waals surface area contributed by atoms with Crippen molar-refractivity contribution in [2.45, 2.75) is 6.92 Å². The quantitative estimate of drug-likeness (QED) is 0.858. The van der Waals surface area contributed by atoms with E-state index in [2.05, 4.69) is 21.2 Å². The third-order valence-electron chi connectivity index (χ3n) is 2.70. The van der Waals surface area contributed by atoms with E-state index >= 15 is 0 Å². The van der Waals surface area contributed by atoms with Crippen LogP contribution in [-0.4, -0.2) is 5.91 Å². The van der Waals surface area contributed by atoms with Crippen LogP contribution in [0.15, 0.2) is 34.8 Å². The molecule has 0 spiro atoms. The Morgan fingerprint density at radius 2 is 1.75 bits per heavy atom. The zero-order valence-corrected chi connectivity index (χ0v) is 11.9. The van der Waals surface area contributed by atoms with E-state index in [0.29, 0.717) is 5.56 Å². The minimum Gasteiger partial charge on any atom is -0.322 e. The summed E-state index contributed by atoms with van der Waals surface area (Å²) in [5, 5.41) is 2.45. The molecule has 0 fully saturated rings. The number of hydrogen-bond donors (Lipinski definition) is 1. The lowest BCUT2D eigenvalue weighted by atomic mass is 10.1. The highest BCUT2D eigenvalue weighted by Crippen LogP contribution is 2.24. The minimum absolute atomic E-state index is 0.0494. The molecule has 2 aromatic carbocycles. The topological polar surface area (TPSA) is 29.1 Å². The summed E-state index contributed by atoms with van der Waals surface area (Å²) in [5.74, 6) is -3.33. The van der Waals surface area contributed by atoms with Crippen molar-refractivity contribution in [2.24, 2.45) is 0 Å². The maximum atomic E-state index is 13.4. The lowest BCUT2D eigenvalue weighted by Crippen LogP contribution is -2.13. The molecule has 0 heterocycles. The van der Waals surface area contributed by atoms with Crippen molar-refractivity contribution in [1.82, 2.24) is 0 Å². The number of carbonyl (C=O) groups is 1. The van der Waals surface area contributed by atoms with Gasteiger partial charge in [-0.2, -0.15) is 0 Å². The van der Waals surface area contributed by atoms with Crippen LogP contribution in [0.25, 0.3) is 0 Å². The monoisotopic (exact) mass is 343 g/mol. The zero-order chi connectivity index (χ0) is 14.9. The van der Waals surface area contributed by atoms with Gasteiger partial charge in [0.25, 0.3) is 5.91 Å². The third-order valence-corrected chi connectivity index (χ3v) is 3.30. The smallest absolute Gasteiger partial charge is 0.255 e. The van der Waals surface area contributed by atoms with Crippen LogP contribution < -0.4 is 5.32 Å². The normalized spacial score (nSPS) is 10.4. The van der Waals surface area contributed by atoms with Crippen LogP contribution in [0.1, 0.15) is 15.9 Å². The van der Waals surface area contributed by atoms with Gasteiger partial charge in [-0.1, -0.05) is 0 Å². The van der Waals surface area contributed by atoms with E-state index in [0.717, 1.165) is 24.3 Å². The Hall–Kier alpha value is -1.82. The molecule has 0 unspecified atom stereocenters. The molecule has 0 radical (unpaired) electrons. The van der Waals surface area contributed by atoms with E-state index in [-0.39, 0.29) is 15.7 Å². The number of aryl methyl sites for hydroxylation is 1. The Morgan fingerprint density at radius 3 is 2.40 bits per heavy atom. The van der Waals surface area contributed by atoms with Crippen molar-refractivity contribution in [3.05, 3.63) is 63.4 Å². The van der Waals surface area contributed by atoms with Gasteiger partial charge < -0.3 is 5.32 Å². The van der Waals surface area contributed by atoms with Crippen molar-refractivity contribution >= 4 is 27.5 Å². The van der Waals surface area contributed by atoms with E-state index in [1.165, 1.54) is 6.07 Å². The summed E-state index contributed by atoms with van der Waals surface area (Å²) in [6.07, 6.45) is 0. The highest BCUT2D eigenvalue weighted by Gasteiger charge is 2.12. The molecule has 2 nitrogen and oxygen atoms in total. The predicted octanol–water partition coefficient (Wildman–Crippen LogP) is 4.43. The summed E-state index contributed by atoms with van der Waals surface area (Å²) in [4.78, 5) is 11.9. The molecule has 0 aromatic heterocycles. The Labute approximate surface area is 121 Å². The molecule has 1 amide bonds. The summed E-state index contributed by atoms with van der Waals surface area (Å²) in [6, 6.07) is 5.46. The molecule has 0 aliphatic heterocycles. The summed E-state index contributed by atoms with van der Waals surface area (Å²) in [5.41, 5.74) is 0.848. The SMILES string of the molecule is Cc1cc(Br)c(F)cc1NC(=O)c1ccc(F)c(F)c1. The highest BCUT2D eigenvalue weighted by atomic mass is 79.9. The number of carbonyl (C=O) groups excluding carboxylic acids is 1. The zero-order valence-electron chi connectivity index (χ0n) is 10.3. The summed E-state index contributed by atoms with van der Waals surface area (Å²) >= 11 is 3.03. The molecule has 0 atom stereocenters. The van der Waals surface area contributed by atoms with Gasteiger partial charge in [-0.15, -0.1) is 0 Å². The Balaban J connectivity index is 2.27. The molecule has 0 saturated carbocycles. The second-order valence-corrected chi connectivity index (χ2v) is 5.02. The molecule has 2 aromatic rings. The first-order chi connectivity index (χ1) is 9.38. The number of amides is 1.